The summed E-state index contributed by atoms with van der Waals surface area (Å²) in [5.41, 5.74) is 1.29. The Morgan fingerprint density at radius 2 is 1.81 bits per heavy atom. The highest BCUT2D eigenvalue weighted by Crippen LogP contribution is 2.27. The number of hydrogen-bond acceptors (Lipinski definition) is 7. The van der Waals surface area contributed by atoms with Gasteiger partial charge in [0.05, 0.1) is 12.2 Å². The molecule has 0 saturated carbocycles. The van der Waals surface area contributed by atoms with E-state index in [-0.39, 0.29) is 0 Å². The van der Waals surface area contributed by atoms with Crippen LogP contribution in [-0.4, -0.2) is 87.7 Å². The highest BCUT2D eigenvalue weighted by Gasteiger charge is 2.34. The topological polar surface area (TPSA) is 86.7 Å². The Bertz CT molecular complexity index is 795. The maximum absolute atomic E-state index is 10.4. The number of β-amino-alcohol motifs (C(OH)–C–C–N with tert-alkyl or cyclic N) is 1. The zero-order valence-electron chi connectivity index (χ0n) is 18.0. The van der Waals surface area contributed by atoms with Gasteiger partial charge in [0.15, 0.2) is 0 Å². The molecule has 1 aromatic carbocycles. The predicted octanol–water partition coefficient (Wildman–Crippen LogP) is 1.79. The number of hydrogen-bond donors (Lipinski definition) is 2. The standard InChI is InChI=1S/C23H33N5O3/c29-19(12-28-13-21-5-6-22(14-28)31-21)15-30-20-3-1-17(2-4-20)11-27-9-7-18(8-10-27)23-24-16-25-26-23/h1-4,16,18-19,21-22,29H,5-15H2,(H,24,25,26)/t19?,21-,22+. The van der Waals surface area contributed by atoms with Gasteiger partial charge in [-0.15, -0.1) is 0 Å². The van der Waals surface area contributed by atoms with Crippen LogP contribution in [0.5, 0.6) is 5.75 Å². The minimum Gasteiger partial charge on any atom is -0.491 e. The van der Waals surface area contributed by atoms with E-state index in [1.54, 1.807) is 6.33 Å². The Morgan fingerprint density at radius 3 is 2.48 bits per heavy atom. The van der Waals surface area contributed by atoms with Crippen LogP contribution in [0.3, 0.4) is 0 Å². The number of aromatic amines is 1. The lowest BCUT2D eigenvalue weighted by Gasteiger charge is -2.33. The van der Waals surface area contributed by atoms with Crippen LogP contribution < -0.4 is 4.74 Å². The second kappa shape index (κ2) is 9.65. The molecule has 4 heterocycles. The van der Waals surface area contributed by atoms with Crippen molar-refractivity contribution in [1.29, 1.82) is 0 Å². The predicted molar refractivity (Wildman–Crippen MR) is 116 cm³/mol. The molecule has 1 aromatic heterocycles. The van der Waals surface area contributed by atoms with E-state index in [0.717, 1.165) is 70.0 Å². The molecule has 31 heavy (non-hydrogen) atoms. The second-order valence-corrected chi connectivity index (χ2v) is 9.21. The fourth-order valence-electron chi connectivity index (χ4n) is 5.12. The van der Waals surface area contributed by atoms with E-state index in [9.17, 15) is 5.11 Å². The number of piperidine rings is 1. The van der Waals surface area contributed by atoms with Gasteiger partial charge in [0.2, 0.25) is 0 Å². The van der Waals surface area contributed by atoms with E-state index in [2.05, 4.69) is 37.1 Å². The number of rotatable bonds is 8. The Morgan fingerprint density at radius 1 is 1.06 bits per heavy atom. The molecule has 3 saturated heterocycles. The van der Waals surface area contributed by atoms with Crippen LogP contribution in [0.15, 0.2) is 30.6 Å². The number of H-pyrrole nitrogens is 1. The van der Waals surface area contributed by atoms with E-state index in [0.29, 0.717) is 31.3 Å². The molecular formula is C23H33N5O3. The van der Waals surface area contributed by atoms with Crippen molar-refractivity contribution in [2.45, 2.75) is 56.5 Å². The molecule has 2 N–H and O–H groups in total. The van der Waals surface area contributed by atoms with Crippen molar-refractivity contribution in [3.63, 3.8) is 0 Å². The van der Waals surface area contributed by atoms with E-state index < -0.39 is 6.10 Å². The van der Waals surface area contributed by atoms with Gasteiger partial charge in [0.1, 0.15) is 30.6 Å². The third kappa shape index (κ3) is 5.44. The van der Waals surface area contributed by atoms with Crippen LogP contribution in [0.2, 0.25) is 0 Å². The van der Waals surface area contributed by atoms with Gasteiger partial charge in [-0.25, -0.2) is 4.98 Å². The number of likely N-dealkylation sites (tertiary alicyclic amines) is 2. The lowest BCUT2D eigenvalue weighted by Crippen LogP contribution is -2.46. The van der Waals surface area contributed by atoms with Crippen molar-refractivity contribution in [2.75, 3.05) is 39.3 Å². The number of aliphatic hydroxyl groups is 1. The van der Waals surface area contributed by atoms with Crippen molar-refractivity contribution in [3.8, 4) is 5.75 Å². The third-order valence-corrected chi connectivity index (χ3v) is 6.77. The highest BCUT2D eigenvalue weighted by molar-refractivity contribution is 5.27. The average molecular weight is 428 g/mol. The Balaban J connectivity index is 1.03. The molecule has 1 unspecified atom stereocenters. The molecule has 3 aliphatic rings. The van der Waals surface area contributed by atoms with Crippen LogP contribution in [0.4, 0.5) is 0 Å². The van der Waals surface area contributed by atoms with Crippen LogP contribution in [-0.2, 0) is 11.3 Å². The summed E-state index contributed by atoms with van der Waals surface area (Å²) in [7, 11) is 0. The number of aliphatic hydroxyl groups excluding tert-OH is 1. The monoisotopic (exact) mass is 427 g/mol. The largest absolute Gasteiger partial charge is 0.491 e. The number of nitrogens with zero attached hydrogens (tertiary/aromatic N) is 4. The SMILES string of the molecule is OC(COc1ccc(CN2CCC(c3ncn[nH]3)CC2)cc1)CN1C[C@H]2CC[C@@H](C1)O2. The van der Waals surface area contributed by atoms with Gasteiger partial charge in [-0.05, 0) is 56.5 Å². The summed E-state index contributed by atoms with van der Waals surface area (Å²) in [5.74, 6) is 2.33. The van der Waals surface area contributed by atoms with Crippen LogP contribution >= 0.6 is 0 Å². The summed E-state index contributed by atoms with van der Waals surface area (Å²) < 4.78 is 11.7. The van der Waals surface area contributed by atoms with Crippen LogP contribution in [0.1, 0.15) is 43.0 Å². The Hall–Kier alpha value is -2.00. The molecule has 8 nitrogen and oxygen atoms in total. The maximum Gasteiger partial charge on any atom is 0.137 e. The molecule has 0 amide bonds. The van der Waals surface area contributed by atoms with Crippen molar-refractivity contribution in [3.05, 3.63) is 42.0 Å². The van der Waals surface area contributed by atoms with Gasteiger partial charge in [-0.2, -0.15) is 5.10 Å². The number of benzene rings is 1. The number of aromatic nitrogens is 3. The Kier molecular flexibility index (Phi) is 6.50. The summed E-state index contributed by atoms with van der Waals surface area (Å²) in [6, 6.07) is 8.28. The molecule has 5 rings (SSSR count). The molecule has 168 valence electrons. The van der Waals surface area contributed by atoms with Gasteiger partial charge < -0.3 is 14.6 Å². The molecule has 2 aromatic rings. The number of morpholine rings is 1. The van der Waals surface area contributed by atoms with Gasteiger partial charge in [0.25, 0.3) is 0 Å². The molecule has 8 heteroatoms. The van der Waals surface area contributed by atoms with Crippen molar-refractivity contribution in [2.24, 2.45) is 0 Å². The fourth-order valence-corrected chi connectivity index (χ4v) is 5.12. The zero-order valence-corrected chi connectivity index (χ0v) is 18.0. The molecule has 0 spiro atoms. The van der Waals surface area contributed by atoms with E-state index in [1.807, 2.05) is 12.1 Å². The van der Waals surface area contributed by atoms with Gasteiger partial charge in [-0.3, -0.25) is 14.9 Å². The third-order valence-electron chi connectivity index (χ3n) is 6.77. The molecule has 3 atom stereocenters. The molecular weight excluding hydrogens is 394 g/mol. The summed E-state index contributed by atoms with van der Waals surface area (Å²) >= 11 is 0. The minimum atomic E-state index is -0.483. The smallest absolute Gasteiger partial charge is 0.137 e. The quantitative estimate of drug-likeness (QED) is 0.664. The maximum atomic E-state index is 10.4. The van der Waals surface area contributed by atoms with Crippen molar-refractivity contribution in [1.82, 2.24) is 25.0 Å². The Labute approximate surface area is 183 Å². The summed E-state index contributed by atoms with van der Waals surface area (Å²) in [5, 5.41) is 17.4. The molecule has 0 aliphatic carbocycles. The summed E-state index contributed by atoms with van der Waals surface area (Å²) in [4.78, 5) is 9.11. The van der Waals surface area contributed by atoms with Crippen molar-refractivity contribution >= 4 is 0 Å². The van der Waals surface area contributed by atoms with E-state index in [4.69, 9.17) is 9.47 Å². The number of nitrogens with one attached hydrogen (secondary N) is 1. The minimum absolute atomic E-state index is 0.321. The fraction of sp³-hybridized carbons (Fsp3) is 0.652. The van der Waals surface area contributed by atoms with Gasteiger partial charge in [-0.1, -0.05) is 12.1 Å². The lowest BCUT2D eigenvalue weighted by atomic mass is 9.96. The van der Waals surface area contributed by atoms with Gasteiger partial charge >= 0.3 is 0 Å². The normalized spacial score (nSPS) is 26.2. The number of ether oxygens (including phenoxy) is 2. The van der Waals surface area contributed by atoms with E-state index in [1.165, 1.54) is 5.56 Å². The first-order chi connectivity index (χ1) is 15.2. The number of fused-ring (bicyclic) bond motifs is 2. The molecule has 3 aliphatic heterocycles. The second-order valence-electron chi connectivity index (χ2n) is 9.21. The first-order valence-corrected chi connectivity index (χ1v) is 11.6. The summed E-state index contributed by atoms with van der Waals surface area (Å²) in [6.07, 6.45) is 6.34. The first kappa shape index (κ1) is 20.9. The molecule has 3 fully saturated rings. The summed E-state index contributed by atoms with van der Waals surface area (Å²) in [6.45, 7) is 5.92. The van der Waals surface area contributed by atoms with E-state index >= 15 is 0 Å². The highest BCUT2D eigenvalue weighted by atomic mass is 16.5. The average Bonchev–Trinajstić information content (AvgIpc) is 3.44. The van der Waals surface area contributed by atoms with Gasteiger partial charge in [0, 0.05) is 32.1 Å². The molecule has 0 radical (unpaired) electrons. The zero-order chi connectivity index (χ0) is 21.0. The molecule has 2 bridgehead atoms. The van der Waals surface area contributed by atoms with Crippen molar-refractivity contribution < 1.29 is 14.6 Å². The van der Waals surface area contributed by atoms with Crippen LogP contribution in [0.25, 0.3) is 0 Å². The van der Waals surface area contributed by atoms with Crippen LogP contribution in [0, 0.1) is 0 Å². The lowest BCUT2D eigenvalue weighted by molar-refractivity contribution is -0.0528. The first-order valence-electron chi connectivity index (χ1n) is 11.6.